The maximum atomic E-state index is 6.38. The van der Waals surface area contributed by atoms with E-state index in [-0.39, 0.29) is 26.4 Å². The Morgan fingerprint density at radius 2 is 0.900 bits per heavy atom. The van der Waals surface area contributed by atoms with E-state index < -0.39 is 5.41 Å². The molecule has 0 aliphatic carbocycles. The van der Waals surface area contributed by atoms with Crippen molar-refractivity contribution < 1.29 is 18.9 Å². The smallest absolute Gasteiger partial charge is 0.148 e. The fourth-order valence-corrected chi connectivity index (χ4v) is 6.54. The van der Waals surface area contributed by atoms with E-state index in [1.54, 1.807) is 0 Å². The summed E-state index contributed by atoms with van der Waals surface area (Å²) >= 11 is 0. The molecule has 0 aromatic heterocycles. The molecule has 0 spiro atoms. The molecule has 4 nitrogen and oxygen atoms in total. The second kappa shape index (κ2) is 15.0. The van der Waals surface area contributed by atoms with E-state index >= 15 is 0 Å². The molecule has 4 heteroatoms. The van der Waals surface area contributed by atoms with Gasteiger partial charge in [-0.25, -0.2) is 0 Å². The first-order chi connectivity index (χ1) is 24.5. The first-order valence-corrected chi connectivity index (χ1v) is 16.1. The lowest BCUT2D eigenvalue weighted by Crippen LogP contribution is -2.28. The van der Waals surface area contributed by atoms with Gasteiger partial charge in [-0.1, -0.05) is 103 Å². The summed E-state index contributed by atoms with van der Waals surface area (Å²) in [5.74, 6) is 12.9. The van der Waals surface area contributed by atoms with Crippen molar-refractivity contribution in [2.75, 3.05) is 26.4 Å². The molecule has 0 aliphatic rings. The van der Waals surface area contributed by atoms with Crippen molar-refractivity contribution in [1.82, 2.24) is 0 Å². The summed E-state index contributed by atoms with van der Waals surface area (Å²) < 4.78 is 24.6. The number of hydrogen-bond acceptors (Lipinski definition) is 4. The van der Waals surface area contributed by atoms with Gasteiger partial charge in [0.25, 0.3) is 0 Å². The number of hydrogen-bond donors (Lipinski definition) is 0. The third-order valence-electron chi connectivity index (χ3n) is 8.75. The van der Waals surface area contributed by atoms with Gasteiger partial charge in [0.05, 0.1) is 5.41 Å². The van der Waals surface area contributed by atoms with E-state index in [4.69, 9.17) is 44.6 Å². The van der Waals surface area contributed by atoms with E-state index in [1.165, 1.54) is 0 Å². The lowest BCUT2D eigenvalue weighted by molar-refractivity contribution is 0.353. The third-order valence-corrected chi connectivity index (χ3v) is 8.75. The van der Waals surface area contributed by atoms with Crippen molar-refractivity contribution in [2.45, 2.75) is 12.3 Å². The standard InChI is InChI=1S/C46H34O4/c1-6-27-47-38-23-17-35-19-25-42(49-29-8-3)44(40(35)31-38)46(5,37-21-15-34(16-22-37)33-13-11-10-12-14-33)45-41-32-39(48-28-7-2)24-18-36(41)20-26-43(45)50-30-9-4/h1-4,10-26,31-32H,27-30H2,5H3. The van der Waals surface area contributed by atoms with E-state index in [2.05, 4.69) is 67.0 Å². The highest BCUT2D eigenvalue weighted by Crippen LogP contribution is 2.52. The fourth-order valence-electron chi connectivity index (χ4n) is 6.54. The van der Waals surface area contributed by atoms with Crippen molar-refractivity contribution in [3.63, 3.8) is 0 Å². The maximum absolute atomic E-state index is 6.38. The fraction of sp³-hybridized carbons (Fsp3) is 0.130. The molecule has 242 valence electrons. The molecule has 0 fully saturated rings. The average Bonchev–Trinajstić information content (AvgIpc) is 3.17. The minimum Gasteiger partial charge on any atom is -0.481 e. The quantitative estimate of drug-likeness (QED) is 0.0979. The van der Waals surface area contributed by atoms with Gasteiger partial charge in [-0.3, -0.25) is 0 Å². The minimum atomic E-state index is -0.947. The van der Waals surface area contributed by atoms with Crippen LogP contribution in [0.5, 0.6) is 23.0 Å². The lowest BCUT2D eigenvalue weighted by Gasteiger charge is -2.36. The highest BCUT2D eigenvalue weighted by Gasteiger charge is 2.40. The Morgan fingerprint density at radius 3 is 1.36 bits per heavy atom. The Labute approximate surface area is 294 Å². The highest BCUT2D eigenvalue weighted by molar-refractivity contribution is 5.96. The summed E-state index contributed by atoms with van der Waals surface area (Å²) in [6, 6.07) is 38.6. The monoisotopic (exact) mass is 650 g/mol. The van der Waals surface area contributed by atoms with E-state index in [1.807, 2.05) is 78.9 Å². The number of benzene rings is 6. The third kappa shape index (κ3) is 6.53. The van der Waals surface area contributed by atoms with Crippen LogP contribution in [0.15, 0.2) is 115 Å². The van der Waals surface area contributed by atoms with Crippen molar-refractivity contribution >= 4 is 21.5 Å². The van der Waals surface area contributed by atoms with Crippen LogP contribution in [0.4, 0.5) is 0 Å². The lowest BCUT2D eigenvalue weighted by atomic mass is 9.67. The molecular formula is C46H34O4. The van der Waals surface area contributed by atoms with Crippen LogP contribution in [-0.4, -0.2) is 26.4 Å². The van der Waals surface area contributed by atoms with Crippen LogP contribution in [0, 0.1) is 49.4 Å². The van der Waals surface area contributed by atoms with Crippen LogP contribution in [0.25, 0.3) is 32.7 Å². The Morgan fingerprint density at radius 1 is 0.480 bits per heavy atom. The van der Waals surface area contributed by atoms with Gasteiger partial charge in [0.2, 0.25) is 0 Å². The molecule has 0 amide bonds. The van der Waals surface area contributed by atoms with Crippen molar-refractivity contribution in [1.29, 1.82) is 0 Å². The van der Waals surface area contributed by atoms with Crippen LogP contribution < -0.4 is 18.9 Å². The molecule has 0 unspecified atom stereocenters. The molecule has 0 atom stereocenters. The van der Waals surface area contributed by atoms with Gasteiger partial charge in [0.15, 0.2) is 0 Å². The van der Waals surface area contributed by atoms with Gasteiger partial charge in [0, 0.05) is 11.1 Å². The van der Waals surface area contributed by atoms with Crippen molar-refractivity contribution in [3.05, 3.63) is 132 Å². The molecule has 6 aromatic rings. The van der Waals surface area contributed by atoms with Crippen LogP contribution in [0.1, 0.15) is 23.6 Å². The Hall–Kier alpha value is -6.72. The predicted molar refractivity (Wildman–Crippen MR) is 203 cm³/mol. The zero-order valence-electron chi connectivity index (χ0n) is 27.7. The predicted octanol–water partition coefficient (Wildman–Crippen LogP) is 9.06. The van der Waals surface area contributed by atoms with Gasteiger partial charge < -0.3 is 18.9 Å². The van der Waals surface area contributed by atoms with E-state index in [9.17, 15) is 0 Å². The normalized spacial score (nSPS) is 10.7. The molecule has 6 rings (SSSR count). The zero-order valence-corrected chi connectivity index (χ0v) is 27.7. The van der Waals surface area contributed by atoms with Crippen LogP contribution in [0.2, 0.25) is 0 Å². The SMILES string of the molecule is C#CCOc1ccc2ccc(OCC#C)c(C(C)(c3ccc(-c4ccccc4)cc3)c3c(OCC#C)ccc4ccc(OCC#C)cc34)c2c1. The summed E-state index contributed by atoms with van der Waals surface area (Å²) in [4.78, 5) is 0. The van der Waals surface area contributed by atoms with Crippen LogP contribution >= 0.6 is 0 Å². The van der Waals surface area contributed by atoms with Gasteiger partial charge in [0.1, 0.15) is 49.4 Å². The molecule has 0 saturated carbocycles. The first kappa shape index (κ1) is 33.2. The first-order valence-electron chi connectivity index (χ1n) is 16.1. The van der Waals surface area contributed by atoms with E-state index in [0.29, 0.717) is 23.0 Å². The second-order valence-electron chi connectivity index (χ2n) is 11.7. The molecule has 50 heavy (non-hydrogen) atoms. The molecule has 0 radical (unpaired) electrons. The molecule has 0 bridgehead atoms. The van der Waals surface area contributed by atoms with Crippen LogP contribution in [0.3, 0.4) is 0 Å². The molecule has 0 saturated heterocycles. The summed E-state index contributed by atoms with van der Waals surface area (Å²) in [6.45, 7) is 2.55. The molecular weight excluding hydrogens is 617 g/mol. The maximum Gasteiger partial charge on any atom is 0.148 e. The summed E-state index contributed by atoms with van der Waals surface area (Å²) in [6.07, 6.45) is 22.6. The number of rotatable bonds is 12. The van der Waals surface area contributed by atoms with Gasteiger partial charge in [-0.05, 0) is 81.6 Å². The topological polar surface area (TPSA) is 36.9 Å². The molecule has 0 aliphatic heterocycles. The number of ether oxygens (including phenoxy) is 4. The summed E-state index contributed by atoms with van der Waals surface area (Å²) in [7, 11) is 0. The summed E-state index contributed by atoms with van der Waals surface area (Å²) in [5.41, 5.74) is 3.93. The molecule has 0 N–H and O–H groups in total. The van der Waals surface area contributed by atoms with E-state index in [0.717, 1.165) is 49.4 Å². The van der Waals surface area contributed by atoms with Gasteiger partial charge in [-0.15, -0.1) is 25.7 Å². The summed E-state index contributed by atoms with van der Waals surface area (Å²) in [5, 5.41) is 3.72. The minimum absolute atomic E-state index is 0.0644. The van der Waals surface area contributed by atoms with Crippen molar-refractivity contribution in [2.24, 2.45) is 0 Å². The zero-order chi connectivity index (χ0) is 34.9. The Balaban J connectivity index is 1.75. The Kier molecular flexibility index (Phi) is 9.96. The highest BCUT2D eigenvalue weighted by atomic mass is 16.5. The van der Waals surface area contributed by atoms with Crippen LogP contribution in [-0.2, 0) is 5.41 Å². The van der Waals surface area contributed by atoms with Gasteiger partial charge in [-0.2, -0.15) is 0 Å². The number of fused-ring (bicyclic) bond motifs is 2. The van der Waals surface area contributed by atoms with Gasteiger partial charge >= 0.3 is 0 Å². The average molecular weight is 651 g/mol. The molecule has 6 aromatic carbocycles. The number of terminal acetylenes is 4. The molecule has 0 heterocycles. The van der Waals surface area contributed by atoms with Crippen molar-refractivity contribution in [3.8, 4) is 83.5 Å². The largest absolute Gasteiger partial charge is 0.481 e. The Bertz CT molecular complexity index is 2190. The second-order valence-corrected chi connectivity index (χ2v) is 11.7.